The lowest BCUT2D eigenvalue weighted by Gasteiger charge is -2.18. The highest BCUT2D eigenvalue weighted by Crippen LogP contribution is 2.27. The summed E-state index contributed by atoms with van der Waals surface area (Å²) in [6.07, 6.45) is 4.89. The minimum atomic E-state index is 0.234. The maximum atomic E-state index is 9.54. The molecule has 1 aromatic carbocycles. The Bertz CT molecular complexity index is 343. The Hall–Kier alpha value is -0.860. The molecule has 1 N–H and O–H groups in total. The summed E-state index contributed by atoms with van der Waals surface area (Å²) >= 11 is 0. The van der Waals surface area contributed by atoms with Crippen molar-refractivity contribution < 1.29 is 9.84 Å². The zero-order chi connectivity index (χ0) is 12.1. The van der Waals surface area contributed by atoms with Crippen LogP contribution in [0.4, 0.5) is 0 Å². The van der Waals surface area contributed by atoms with Gasteiger partial charge in [-0.3, -0.25) is 0 Å². The molecule has 0 saturated carbocycles. The quantitative estimate of drug-likeness (QED) is 0.848. The molecule has 17 heavy (non-hydrogen) atoms. The van der Waals surface area contributed by atoms with Crippen LogP contribution in [0.1, 0.15) is 42.7 Å². The van der Waals surface area contributed by atoms with Gasteiger partial charge in [0.1, 0.15) is 0 Å². The monoisotopic (exact) mass is 234 g/mol. The molecule has 0 radical (unpaired) electrons. The Balaban J connectivity index is 1.94. The summed E-state index contributed by atoms with van der Waals surface area (Å²) in [5, 5.41) is 9.54. The van der Waals surface area contributed by atoms with Gasteiger partial charge >= 0.3 is 0 Å². The van der Waals surface area contributed by atoms with E-state index in [1.54, 1.807) is 0 Å². The molecule has 2 heteroatoms. The molecule has 2 atom stereocenters. The van der Waals surface area contributed by atoms with Crippen molar-refractivity contribution >= 4 is 0 Å². The molecule has 0 spiro atoms. The van der Waals surface area contributed by atoms with Crippen molar-refractivity contribution in [3.8, 4) is 0 Å². The molecule has 0 amide bonds. The third kappa shape index (κ3) is 3.30. The van der Waals surface area contributed by atoms with Gasteiger partial charge in [-0.05, 0) is 43.7 Å². The van der Waals surface area contributed by atoms with Crippen LogP contribution in [0, 0.1) is 6.92 Å². The summed E-state index contributed by atoms with van der Waals surface area (Å²) in [5.74, 6) is 0.264. The number of ether oxygens (including phenoxy) is 1. The van der Waals surface area contributed by atoms with E-state index in [9.17, 15) is 5.11 Å². The fourth-order valence-electron chi connectivity index (χ4n) is 2.65. The van der Waals surface area contributed by atoms with Gasteiger partial charge in [0.05, 0.1) is 6.10 Å². The molecule has 1 saturated heterocycles. The normalized spacial score (nSPS) is 21.6. The fraction of sp³-hybridized carbons (Fsp3) is 0.600. The van der Waals surface area contributed by atoms with Crippen LogP contribution in [0.3, 0.4) is 0 Å². The first kappa shape index (κ1) is 12.6. The Morgan fingerprint density at radius 3 is 2.88 bits per heavy atom. The maximum Gasteiger partial charge on any atom is 0.0576 e. The van der Waals surface area contributed by atoms with Crippen molar-refractivity contribution in [2.75, 3.05) is 13.2 Å². The smallest absolute Gasteiger partial charge is 0.0576 e. The molecule has 0 aliphatic carbocycles. The second-order valence-corrected chi connectivity index (χ2v) is 4.95. The molecule has 1 aliphatic heterocycles. The molecular formula is C15H22O2. The topological polar surface area (TPSA) is 29.5 Å². The van der Waals surface area contributed by atoms with Gasteiger partial charge in [-0.1, -0.05) is 24.3 Å². The highest BCUT2D eigenvalue weighted by atomic mass is 16.5. The van der Waals surface area contributed by atoms with E-state index in [1.165, 1.54) is 24.0 Å². The summed E-state index contributed by atoms with van der Waals surface area (Å²) < 4.78 is 5.63. The van der Waals surface area contributed by atoms with Gasteiger partial charge < -0.3 is 9.84 Å². The lowest BCUT2D eigenvalue weighted by molar-refractivity contribution is 0.0980. The number of aliphatic hydroxyl groups is 1. The lowest BCUT2D eigenvalue weighted by atomic mass is 9.90. The molecule has 2 nitrogen and oxygen atoms in total. The highest BCUT2D eigenvalue weighted by molar-refractivity contribution is 5.29. The standard InChI is InChI=1S/C15H22O2/c1-12-5-2-3-7-15(12)13(11-16)8-9-14-6-4-10-17-14/h2-3,5,7,13-14,16H,4,6,8-11H2,1H3. The zero-order valence-electron chi connectivity index (χ0n) is 10.6. The van der Waals surface area contributed by atoms with E-state index in [-0.39, 0.29) is 12.5 Å². The first-order valence-corrected chi connectivity index (χ1v) is 6.59. The van der Waals surface area contributed by atoms with E-state index >= 15 is 0 Å². The van der Waals surface area contributed by atoms with Gasteiger partial charge in [0, 0.05) is 19.1 Å². The fourth-order valence-corrected chi connectivity index (χ4v) is 2.65. The van der Waals surface area contributed by atoms with E-state index < -0.39 is 0 Å². The van der Waals surface area contributed by atoms with Crippen molar-refractivity contribution in [1.29, 1.82) is 0 Å². The number of aliphatic hydroxyl groups excluding tert-OH is 1. The molecule has 2 unspecified atom stereocenters. The largest absolute Gasteiger partial charge is 0.396 e. The molecule has 1 fully saturated rings. The number of rotatable bonds is 5. The third-order valence-electron chi connectivity index (χ3n) is 3.71. The van der Waals surface area contributed by atoms with Crippen molar-refractivity contribution in [1.82, 2.24) is 0 Å². The molecule has 0 bridgehead atoms. The molecular weight excluding hydrogens is 212 g/mol. The average Bonchev–Trinajstić information content (AvgIpc) is 2.85. The minimum Gasteiger partial charge on any atom is -0.396 e. The van der Waals surface area contributed by atoms with Crippen molar-refractivity contribution in [3.05, 3.63) is 35.4 Å². The Morgan fingerprint density at radius 1 is 1.41 bits per heavy atom. The summed E-state index contributed by atoms with van der Waals surface area (Å²) in [6, 6.07) is 8.35. The van der Waals surface area contributed by atoms with Crippen LogP contribution in [0.5, 0.6) is 0 Å². The van der Waals surface area contributed by atoms with Gasteiger partial charge in [0.15, 0.2) is 0 Å². The zero-order valence-corrected chi connectivity index (χ0v) is 10.6. The molecule has 2 rings (SSSR count). The van der Waals surface area contributed by atoms with Crippen LogP contribution in [0.2, 0.25) is 0 Å². The predicted molar refractivity (Wildman–Crippen MR) is 69.2 cm³/mol. The molecule has 1 heterocycles. The van der Waals surface area contributed by atoms with Gasteiger partial charge in [-0.15, -0.1) is 0 Å². The predicted octanol–water partition coefficient (Wildman–Crippen LogP) is 3.03. The van der Waals surface area contributed by atoms with Gasteiger partial charge in [0.2, 0.25) is 0 Å². The van der Waals surface area contributed by atoms with Crippen molar-refractivity contribution in [2.24, 2.45) is 0 Å². The van der Waals surface area contributed by atoms with E-state index in [0.717, 1.165) is 19.4 Å². The third-order valence-corrected chi connectivity index (χ3v) is 3.71. The van der Waals surface area contributed by atoms with Gasteiger partial charge in [0.25, 0.3) is 0 Å². The van der Waals surface area contributed by atoms with E-state index in [0.29, 0.717) is 6.10 Å². The van der Waals surface area contributed by atoms with Gasteiger partial charge in [-0.2, -0.15) is 0 Å². The van der Waals surface area contributed by atoms with E-state index in [2.05, 4.69) is 25.1 Å². The van der Waals surface area contributed by atoms with Crippen LogP contribution in [0.25, 0.3) is 0 Å². The SMILES string of the molecule is Cc1ccccc1C(CO)CCC1CCCO1. The van der Waals surface area contributed by atoms with Crippen LogP contribution < -0.4 is 0 Å². The summed E-state index contributed by atoms with van der Waals surface area (Å²) in [7, 11) is 0. The second kappa shape index (κ2) is 6.18. The van der Waals surface area contributed by atoms with E-state index in [4.69, 9.17) is 4.74 Å². The Morgan fingerprint density at radius 2 is 2.24 bits per heavy atom. The van der Waals surface area contributed by atoms with Crippen LogP contribution in [0.15, 0.2) is 24.3 Å². The van der Waals surface area contributed by atoms with Crippen LogP contribution in [-0.4, -0.2) is 24.4 Å². The van der Waals surface area contributed by atoms with E-state index in [1.807, 2.05) is 6.07 Å². The average molecular weight is 234 g/mol. The number of aryl methyl sites for hydroxylation is 1. The molecule has 1 aliphatic rings. The van der Waals surface area contributed by atoms with Crippen LogP contribution >= 0.6 is 0 Å². The first-order valence-electron chi connectivity index (χ1n) is 6.59. The lowest BCUT2D eigenvalue weighted by Crippen LogP contribution is -2.11. The van der Waals surface area contributed by atoms with Crippen LogP contribution in [-0.2, 0) is 4.74 Å². The summed E-state index contributed by atoms with van der Waals surface area (Å²) in [5.41, 5.74) is 2.56. The molecule has 0 aromatic heterocycles. The summed E-state index contributed by atoms with van der Waals surface area (Å²) in [6.45, 7) is 3.26. The first-order chi connectivity index (χ1) is 8.31. The Labute approximate surface area is 104 Å². The van der Waals surface area contributed by atoms with Crippen molar-refractivity contribution in [2.45, 2.75) is 44.6 Å². The minimum absolute atomic E-state index is 0.234. The van der Waals surface area contributed by atoms with Crippen molar-refractivity contribution in [3.63, 3.8) is 0 Å². The maximum absolute atomic E-state index is 9.54. The molecule has 1 aromatic rings. The number of hydrogen-bond acceptors (Lipinski definition) is 2. The molecule has 94 valence electrons. The van der Waals surface area contributed by atoms with Gasteiger partial charge in [-0.25, -0.2) is 0 Å². The number of hydrogen-bond donors (Lipinski definition) is 1. The highest BCUT2D eigenvalue weighted by Gasteiger charge is 2.19. The second-order valence-electron chi connectivity index (χ2n) is 4.95. The Kier molecular flexibility index (Phi) is 4.57. The number of benzene rings is 1. The summed E-state index contributed by atoms with van der Waals surface area (Å²) in [4.78, 5) is 0.